The summed E-state index contributed by atoms with van der Waals surface area (Å²) in [6, 6.07) is -0.557. The van der Waals surface area contributed by atoms with E-state index < -0.39 is 16.9 Å². The smallest absolute Gasteiger partial charge is 0.329 e. The van der Waals surface area contributed by atoms with Crippen LogP contribution >= 0.6 is 0 Å². The molecule has 3 rings (SSSR count). The normalized spacial score (nSPS) is 27.1. The number of halogens is 2. The molecule has 1 atom stereocenters. The number of anilines is 2. The predicted octanol–water partition coefficient (Wildman–Crippen LogP) is 2.44. The standard InChI is InChI=1S/C16H22F2N6O3/c17-16(18)6-5-11(7-16)22-15-20-8-12(24(26)27)14(23-15)21-10-3-1-9(2-4-10)13(19)25/h8-11H,1-7H2,(H2,19,25)(H2,20,21,22,23)/t9-,10+,11-/m1/s1. The van der Waals surface area contributed by atoms with Crippen LogP contribution in [-0.2, 0) is 4.79 Å². The molecular formula is C16H22F2N6O3. The molecule has 1 heterocycles. The second-order valence-electron chi connectivity index (χ2n) is 7.22. The third kappa shape index (κ3) is 4.77. The molecule has 9 nitrogen and oxygen atoms in total. The molecule has 0 unspecified atom stereocenters. The summed E-state index contributed by atoms with van der Waals surface area (Å²) in [4.78, 5) is 29.9. The second-order valence-corrected chi connectivity index (χ2v) is 7.22. The van der Waals surface area contributed by atoms with E-state index in [4.69, 9.17) is 5.73 Å². The van der Waals surface area contributed by atoms with Gasteiger partial charge in [-0.05, 0) is 32.1 Å². The van der Waals surface area contributed by atoms with Crippen LogP contribution < -0.4 is 16.4 Å². The van der Waals surface area contributed by atoms with Gasteiger partial charge in [-0.3, -0.25) is 14.9 Å². The van der Waals surface area contributed by atoms with Crippen molar-refractivity contribution in [1.82, 2.24) is 9.97 Å². The van der Waals surface area contributed by atoms with Crippen LogP contribution in [0.1, 0.15) is 44.9 Å². The number of primary amides is 1. The number of rotatable bonds is 6. The Balaban J connectivity index is 1.69. The van der Waals surface area contributed by atoms with Crippen LogP contribution in [-0.4, -0.2) is 38.8 Å². The molecule has 0 radical (unpaired) electrons. The first-order valence-corrected chi connectivity index (χ1v) is 8.95. The van der Waals surface area contributed by atoms with Crippen molar-refractivity contribution in [2.45, 2.75) is 63.0 Å². The van der Waals surface area contributed by atoms with Crippen LogP contribution in [0, 0.1) is 16.0 Å². The molecule has 2 fully saturated rings. The molecule has 2 saturated carbocycles. The van der Waals surface area contributed by atoms with Crippen LogP contribution in [0.4, 0.5) is 26.2 Å². The molecule has 0 aromatic carbocycles. The fourth-order valence-electron chi connectivity index (χ4n) is 3.66. The van der Waals surface area contributed by atoms with E-state index >= 15 is 0 Å². The number of nitrogens with one attached hydrogen (secondary N) is 2. The van der Waals surface area contributed by atoms with Gasteiger partial charge in [0.15, 0.2) is 0 Å². The average molecular weight is 384 g/mol. The molecule has 1 aromatic heterocycles. The molecule has 4 N–H and O–H groups in total. The number of hydrogen-bond acceptors (Lipinski definition) is 7. The lowest BCUT2D eigenvalue weighted by Crippen LogP contribution is -2.33. The minimum absolute atomic E-state index is 0.0461. The number of nitrogens with two attached hydrogens (primary N) is 1. The maximum absolute atomic E-state index is 13.3. The molecule has 27 heavy (non-hydrogen) atoms. The third-order valence-corrected chi connectivity index (χ3v) is 5.17. The van der Waals surface area contributed by atoms with Crippen LogP contribution in [0.15, 0.2) is 6.20 Å². The number of amides is 1. The van der Waals surface area contributed by atoms with Crippen molar-refractivity contribution >= 4 is 23.4 Å². The van der Waals surface area contributed by atoms with Gasteiger partial charge in [0.1, 0.15) is 6.20 Å². The van der Waals surface area contributed by atoms with Gasteiger partial charge in [0, 0.05) is 30.8 Å². The van der Waals surface area contributed by atoms with Crippen LogP contribution in [0.5, 0.6) is 0 Å². The molecule has 1 aromatic rings. The van der Waals surface area contributed by atoms with E-state index in [9.17, 15) is 23.7 Å². The highest BCUT2D eigenvalue weighted by Crippen LogP contribution is 2.36. The number of carbonyl (C=O) groups excluding carboxylic acids is 1. The lowest BCUT2D eigenvalue weighted by molar-refractivity contribution is -0.384. The van der Waals surface area contributed by atoms with Crippen LogP contribution in [0.3, 0.4) is 0 Å². The minimum Gasteiger partial charge on any atom is -0.369 e. The Labute approximate surface area is 154 Å². The fraction of sp³-hybridized carbons (Fsp3) is 0.688. The first kappa shape index (κ1) is 19.2. The Morgan fingerprint density at radius 3 is 2.48 bits per heavy atom. The molecule has 1 amide bonds. The molecule has 0 aliphatic heterocycles. The number of carbonyl (C=O) groups is 1. The van der Waals surface area contributed by atoms with Gasteiger partial charge in [-0.1, -0.05) is 0 Å². The maximum Gasteiger partial charge on any atom is 0.329 e. The molecular weight excluding hydrogens is 362 g/mol. The summed E-state index contributed by atoms with van der Waals surface area (Å²) in [6.07, 6.45) is 3.31. The molecule has 2 aliphatic rings. The summed E-state index contributed by atoms with van der Waals surface area (Å²) < 4.78 is 26.7. The van der Waals surface area contributed by atoms with Gasteiger partial charge in [0.25, 0.3) is 0 Å². The number of aromatic nitrogens is 2. The lowest BCUT2D eigenvalue weighted by Gasteiger charge is -2.27. The van der Waals surface area contributed by atoms with Gasteiger partial charge < -0.3 is 16.4 Å². The minimum atomic E-state index is -2.71. The molecule has 11 heteroatoms. The van der Waals surface area contributed by atoms with Crippen molar-refractivity contribution in [1.29, 1.82) is 0 Å². The second kappa shape index (κ2) is 7.57. The maximum atomic E-state index is 13.3. The largest absolute Gasteiger partial charge is 0.369 e. The molecule has 0 spiro atoms. The van der Waals surface area contributed by atoms with E-state index in [2.05, 4.69) is 20.6 Å². The van der Waals surface area contributed by atoms with E-state index in [1.165, 1.54) is 0 Å². The molecule has 0 bridgehead atoms. The van der Waals surface area contributed by atoms with Gasteiger partial charge in [-0.15, -0.1) is 0 Å². The van der Waals surface area contributed by atoms with Crippen molar-refractivity contribution in [2.24, 2.45) is 11.7 Å². The van der Waals surface area contributed by atoms with E-state index in [1.807, 2.05) is 0 Å². The zero-order chi connectivity index (χ0) is 19.6. The topological polar surface area (TPSA) is 136 Å². The van der Waals surface area contributed by atoms with Crippen molar-refractivity contribution in [3.63, 3.8) is 0 Å². The van der Waals surface area contributed by atoms with E-state index in [0.29, 0.717) is 25.7 Å². The lowest BCUT2D eigenvalue weighted by atomic mass is 9.85. The van der Waals surface area contributed by atoms with Crippen molar-refractivity contribution in [3.8, 4) is 0 Å². The Morgan fingerprint density at radius 1 is 1.22 bits per heavy atom. The zero-order valence-electron chi connectivity index (χ0n) is 14.7. The van der Waals surface area contributed by atoms with Gasteiger partial charge >= 0.3 is 5.69 Å². The summed E-state index contributed by atoms with van der Waals surface area (Å²) in [5.41, 5.74) is 5.03. The van der Waals surface area contributed by atoms with E-state index in [-0.39, 0.29) is 54.6 Å². The quantitative estimate of drug-likeness (QED) is 0.506. The Morgan fingerprint density at radius 2 is 1.93 bits per heavy atom. The Bertz CT molecular complexity index is 724. The number of nitrogens with zero attached hydrogens (tertiary/aromatic N) is 3. The Hall–Kier alpha value is -2.59. The number of nitro groups is 1. The van der Waals surface area contributed by atoms with Crippen molar-refractivity contribution < 1.29 is 18.5 Å². The number of hydrogen-bond donors (Lipinski definition) is 3. The first-order valence-electron chi connectivity index (χ1n) is 8.95. The van der Waals surface area contributed by atoms with Gasteiger partial charge in [0.2, 0.25) is 23.6 Å². The van der Waals surface area contributed by atoms with Gasteiger partial charge in [0.05, 0.1) is 4.92 Å². The Kier molecular flexibility index (Phi) is 5.38. The summed E-state index contributed by atoms with van der Waals surface area (Å²) in [5, 5.41) is 17.1. The van der Waals surface area contributed by atoms with E-state index in [0.717, 1.165) is 6.20 Å². The SMILES string of the molecule is NC(=O)[C@H]1CC[C@@H](Nc2nc(N[C@@H]3CCC(F)(F)C3)ncc2[N+](=O)[O-])CC1. The summed E-state index contributed by atoms with van der Waals surface area (Å²) in [5.74, 6) is -3.09. The van der Waals surface area contributed by atoms with E-state index in [1.54, 1.807) is 0 Å². The predicted molar refractivity (Wildman–Crippen MR) is 93.5 cm³/mol. The van der Waals surface area contributed by atoms with Gasteiger partial charge in [-0.2, -0.15) is 4.98 Å². The summed E-state index contributed by atoms with van der Waals surface area (Å²) in [7, 11) is 0. The third-order valence-electron chi connectivity index (χ3n) is 5.17. The average Bonchev–Trinajstić information content (AvgIpc) is 2.94. The van der Waals surface area contributed by atoms with Crippen molar-refractivity contribution in [2.75, 3.05) is 10.6 Å². The van der Waals surface area contributed by atoms with Crippen LogP contribution in [0.2, 0.25) is 0 Å². The molecule has 2 aliphatic carbocycles. The highest BCUT2D eigenvalue weighted by Gasteiger charge is 2.39. The first-order chi connectivity index (χ1) is 12.7. The van der Waals surface area contributed by atoms with Crippen LogP contribution in [0.25, 0.3) is 0 Å². The highest BCUT2D eigenvalue weighted by atomic mass is 19.3. The monoisotopic (exact) mass is 384 g/mol. The van der Waals surface area contributed by atoms with Crippen molar-refractivity contribution in [3.05, 3.63) is 16.3 Å². The zero-order valence-corrected chi connectivity index (χ0v) is 14.7. The highest BCUT2D eigenvalue weighted by molar-refractivity contribution is 5.76. The molecule has 0 saturated heterocycles. The van der Waals surface area contributed by atoms with Gasteiger partial charge in [-0.25, -0.2) is 13.8 Å². The number of alkyl halides is 2. The molecule has 148 valence electrons. The fourth-order valence-corrected chi connectivity index (χ4v) is 3.66. The summed E-state index contributed by atoms with van der Waals surface area (Å²) in [6.45, 7) is 0. The summed E-state index contributed by atoms with van der Waals surface area (Å²) >= 11 is 0.